The Morgan fingerprint density at radius 3 is 2.62 bits per heavy atom. The highest BCUT2D eigenvalue weighted by Gasteiger charge is 2.21. The van der Waals surface area contributed by atoms with E-state index in [2.05, 4.69) is 10.5 Å². The molecule has 0 fully saturated rings. The maximum absolute atomic E-state index is 10.7. The molecule has 1 atom stereocenters. The summed E-state index contributed by atoms with van der Waals surface area (Å²) in [4.78, 5) is 15.7. The lowest BCUT2D eigenvalue weighted by Crippen LogP contribution is -2.10. The molecule has 13 heavy (non-hydrogen) atoms. The molecule has 0 saturated carbocycles. The van der Waals surface area contributed by atoms with Gasteiger partial charge in [-0.3, -0.25) is 4.79 Å². The van der Waals surface area contributed by atoms with Gasteiger partial charge in [-0.2, -0.15) is 0 Å². The normalized spacial score (nSPS) is 13.2. The first-order valence-corrected chi connectivity index (χ1v) is 4.95. The van der Waals surface area contributed by atoms with E-state index in [-0.39, 0.29) is 0 Å². The largest absolute Gasteiger partial charge is 0.481 e. The Labute approximate surface area is 81.4 Å². The van der Waals surface area contributed by atoms with E-state index in [1.165, 1.54) is 11.3 Å². The van der Waals surface area contributed by atoms with Crippen LogP contribution in [0.1, 0.15) is 43.2 Å². The van der Waals surface area contributed by atoms with Crippen LogP contribution in [0.3, 0.4) is 0 Å². The van der Waals surface area contributed by atoms with Gasteiger partial charge in [-0.15, -0.1) is 11.3 Å². The van der Waals surface area contributed by atoms with Gasteiger partial charge in [0.25, 0.3) is 0 Å². The van der Waals surface area contributed by atoms with Crippen molar-refractivity contribution in [3.05, 3.63) is 16.1 Å². The number of nitrogens with zero attached hydrogens (tertiary/aromatic N) is 1. The molecule has 1 rings (SSSR count). The molecule has 0 saturated heterocycles. The van der Waals surface area contributed by atoms with E-state index in [4.69, 9.17) is 5.11 Å². The lowest BCUT2D eigenvalue weighted by Gasteiger charge is -2.08. The van der Waals surface area contributed by atoms with Crippen molar-refractivity contribution in [3.8, 4) is 0 Å². The highest BCUT2D eigenvalue weighted by Crippen LogP contribution is 2.28. The van der Waals surface area contributed by atoms with Crippen molar-refractivity contribution in [2.75, 3.05) is 0 Å². The summed E-state index contributed by atoms with van der Waals surface area (Å²) in [6.07, 6.45) is 0. The summed E-state index contributed by atoms with van der Waals surface area (Å²) in [6, 6.07) is 0. The van der Waals surface area contributed by atoms with Gasteiger partial charge in [-0.1, -0.05) is 13.8 Å². The molecule has 0 amide bonds. The number of aliphatic carboxylic acids is 1. The number of aromatic nitrogens is 1. The van der Waals surface area contributed by atoms with Crippen LogP contribution in [-0.2, 0) is 4.79 Å². The standard InChI is InChI=1S/C9H12NO2S/c1-5(2)8-7(10-4-13-8)6(3)9(11)12/h5-6H,1-3H3,(H,11,12). The first kappa shape index (κ1) is 10.2. The summed E-state index contributed by atoms with van der Waals surface area (Å²) in [5.74, 6) is -1.04. The molecular weight excluding hydrogens is 186 g/mol. The Balaban J connectivity index is 3.00. The average molecular weight is 198 g/mol. The van der Waals surface area contributed by atoms with Gasteiger partial charge in [0, 0.05) is 4.88 Å². The molecule has 4 heteroatoms. The fourth-order valence-electron chi connectivity index (χ4n) is 1.07. The molecule has 0 bridgehead atoms. The van der Waals surface area contributed by atoms with Gasteiger partial charge in [-0.25, -0.2) is 4.98 Å². The van der Waals surface area contributed by atoms with E-state index in [9.17, 15) is 4.79 Å². The summed E-state index contributed by atoms with van der Waals surface area (Å²) in [6.45, 7) is 5.70. The van der Waals surface area contributed by atoms with Crippen molar-refractivity contribution in [1.82, 2.24) is 4.98 Å². The fourth-order valence-corrected chi connectivity index (χ4v) is 1.87. The predicted octanol–water partition coefficient (Wildman–Crippen LogP) is 2.25. The quantitative estimate of drug-likeness (QED) is 0.810. The Morgan fingerprint density at radius 2 is 2.15 bits per heavy atom. The molecule has 1 radical (unpaired) electrons. The van der Waals surface area contributed by atoms with E-state index in [0.717, 1.165) is 4.88 Å². The molecule has 1 aromatic heterocycles. The zero-order valence-corrected chi connectivity index (χ0v) is 8.68. The SMILES string of the molecule is CC(C)c1s[c]nc1C(C)C(=O)O. The van der Waals surface area contributed by atoms with E-state index >= 15 is 0 Å². The first-order chi connectivity index (χ1) is 6.04. The lowest BCUT2D eigenvalue weighted by atomic mass is 10.0. The minimum atomic E-state index is -0.832. The van der Waals surface area contributed by atoms with Crippen molar-refractivity contribution in [2.24, 2.45) is 0 Å². The minimum absolute atomic E-state index is 0.320. The summed E-state index contributed by atoms with van der Waals surface area (Å²) in [7, 11) is 0. The molecule has 0 aliphatic heterocycles. The monoisotopic (exact) mass is 198 g/mol. The summed E-state index contributed by atoms with van der Waals surface area (Å²) in [5.41, 5.74) is 3.40. The summed E-state index contributed by atoms with van der Waals surface area (Å²) >= 11 is 1.40. The topological polar surface area (TPSA) is 50.2 Å². The smallest absolute Gasteiger partial charge is 0.312 e. The van der Waals surface area contributed by atoms with Gasteiger partial charge in [0.15, 0.2) is 5.51 Å². The number of hydrogen-bond donors (Lipinski definition) is 1. The second-order valence-corrected chi connectivity index (χ2v) is 4.10. The van der Waals surface area contributed by atoms with Crippen LogP contribution < -0.4 is 0 Å². The van der Waals surface area contributed by atoms with Crippen LogP contribution in [0.4, 0.5) is 0 Å². The minimum Gasteiger partial charge on any atom is -0.481 e. The van der Waals surface area contributed by atoms with Crippen LogP contribution in [0.2, 0.25) is 0 Å². The zero-order chi connectivity index (χ0) is 10.0. The molecule has 1 heterocycles. The summed E-state index contributed by atoms with van der Waals surface area (Å²) < 4.78 is 0. The number of carbonyl (C=O) groups is 1. The third-order valence-electron chi connectivity index (χ3n) is 1.88. The molecule has 0 aliphatic rings. The van der Waals surface area contributed by atoms with Gasteiger partial charge in [0.2, 0.25) is 0 Å². The molecule has 0 spiro atoms. The van der Waals surface area contributed by atoms with Gasteiger partial charge >= 0.3 is 5.97 Å². The summed E-state index contributed by atoms with van der Waals surface area (Å²) in [5, 5.41) is 8.81. The van der Waals surface area contributed by atoms with Crippen LogP contribution in [0.25, 0.3) is 0 Å². The molecule has 0 aliphatic carbocycles. The number of hydrogen-bond acceptors (Lipinski definition) is 3. The third kappa shape index (κ3) is 2.06. The van der Waals surface area contributed by atoms with Gasteiger partial charge in [0.05, 0.1) is 11.6 Å². The van der Waals surface area contributed by atoms with Crippen LogP contribution in [0.15, 0.2) is 0 Å². The predicted molar refractivity (Wildman–Crippen MR) is 51.1 cm³/mol. The number of thiazole rings is 1. The van der Waals surface area contributed by atoms with Gasteiger partial charge in [-0.05, 0) is 12.8 Å². The van der Waals surface area contributed by atoms with E-state index in [1.54, 1.807) is 6.92 Å². The Bertz CT molecular complexity index is 306. The van der Waals surface area contributed by atoms with Crippen molar-refractivity contribution in [1.29, 1.82) is 0 Å². The van der Waals surface area contributed by atoms with Crippen molar-refractivity contribution < 1.29 is 9.90 Å². The lowest BCUT2D eigenvalue weighted by molar-refractivity contribution is -0.138. The van der Waals surface area contributed by atoms with Crippen molar-refractivity contribution in [2.45, 2.75) is 32.6 Å². The van der Waals surface area contributed by atoms with Gasteiger partial charge in [0.1, 0.15) is 0 Å². The Kier molecular flexibility index (Phi) is 3.03. The van der Waals surface area contributed by atoms with E-state index in [1.807, 2.05) is 13.8 Å². The number of carboxylic acids is 1. The second-order valence-electron chi connectivity index (χ2n) is 3.27. The molecule has 1 aromatic rings. The zero-order valence-electron chi connectivity index (χ0n) is 7.87. The number of carboxylic acid groups (broad SMARTS) is 1. The molecule has 1 N–H and O–H groups in total. The third-order valence-corrected chi connectivity index (χ3v) is 2.96. The maximum Gasteiger partial charge on any atom is 0.312 e. The van der Waals surface area contributed by atoms with Crippen molar-refractivity contribution in [3.63, 3.8) is 0 Å². The second kappa shape index (κ2) is 3.87. The molecule has 0 aromatic carbocycles. The molecule has 71 valence electrons. The fraction of sp³-hybridized carbons (Fsp3) is 0.556. The highest BCUT2D eigenvalue weighted by molar-refractivity contribution is 7.09. The van der Waals surface area contributed by atoms with Crippen LogP contribution in [0, 0.1) is 5.51 Å². The first-order valence-electron chi connectivity index (χ1n) is 4.13. The van der Waals surface area contributed by atoms with Gasteiger partial charge < -0.3 is 5.11 Å². The van der Waals surface area contributed by atoms with Crippen LogP contribution >= 0.6 is 11.3 Å². The molecular formula is C9H12NO2S. The van der Waals surface area contributed by atoms with E-state index < -0.39 is 11.9 Å². The molecule has 3 nitrogen and oxygen atoms in total. The molecule has 1 unspecified atom stereocenters. The van der Waals surface area contributed by atoms with Crippen LogP contribution in [0.5, 0.6) is 0 Å². The Hall–Kier alpha value is -0.900. The highest BCUT2D eigenvalue weighted by atomic mass is 32.1. The number of rotatable bonds is 3. The average Bonchev–Trinajstić information content (AvgIpc) is 2.50. The maximum atomic E-state index is 10.7. The van der Waals surface area contributed by atoms with Crippen LogP contribution in [-0.4, -0.2) is 16.1 Å². The van der Waals surface area contributed by atoms with Crippen molar-refractivity contribution >= 4 is 17.3 Å². The van der Waals surface area contributed by atoms with E-state index in [0.29, 0.717) is 11.6 Å². The Morgan fingerprint density at radius 1 is 1.54 bits per heavy atom.